The normalized spacial score (nSPS) is 11.8. The highest BCUT2D eigenvalue weighted by Gasteiger charge is 2.21. The molecule has 0 saturated heterocycles. The predicted molar refractivity (Wildman–Crippen MR) is 104 cm³/mol. The fourth-order valence-corrected chi connectivity index (χ4v) is 3.24. The molecule has 1 amide bonds. The van der Waals surface area contributed by atoms with Crippen LogP contribution in [0.2, 0.25) is 5.02 Å². The highest BCUT2D eigenvalue weighted by molar-refractivity contribution is 6.31. The largest absolute Gasteiger partial charge is 0.469 e. The summed E-state index contributed by atoms with van der Waals surface area (Å²) in [5.74, 6) is -0.644. The zero-order chi connectivity index (χ0) is 19.2. The molecule has 0 aliphatic heterocycles. The second kappa shape index (κ2) is 8.64. The van der Waals surface area contributed by atoms with E-state index >= 15 is 0 Å². The van der Waals surface area contributed by atoms with Gasteiger partial charge in [0.25, 0.3) is 0 Å². The van der Waals surface area contributed by atoms with Gasteiger partial charge >= 0.3 is 5.97 Å². The lowest BCUT2D eigenvalue weighted by molar-refractivity contribution is -0.141. The van der Waals surface area contributed by atoms with Gasteiger partial charge in [-0.1, -0.05) is 54.1 Å². The summed E-state index contributed by atoms with van der Waals surface area (Å²) in [6.07, 6.45) is 1.85. The van der Waals surface area contributed by atoms with E-state index in [1.165, 1.54) is 7.11 Å². The first-order chi connectivity index (χ1) is 13.1. The van der Waals surface area contributed by atoms with Crippen molar-refractivity contribution in [3.05, 3.63) is 76.9 Å². The molecule has 5 nitrogen and oxygen atoms in total. The van der Waals surface area contributed by atoms with Crippen molar-refractivity contribution >= 4 is 34.4 Å². The lowest BCUT2D eigenvalue weighted by atomic mass is 10.0. The number of fused-ring (bicyclic) bond motifs is 1. The average Bonchev–Trinajstić information content (AvgIpc) is 2.68. The summed E-state index contributed by atoms with van der Waals surface area (Å²) >= 11 is 6.25. The van der Waals surface area contributed by atoms with E-state index in [0.29, 0.717) is 10.6 Å². The highest BCUT2D eigenvalue weighted by Crippen LogP contribution is 2.26. The Morgan fingerprint density at radius 3 is 2.67 bits per heavy atom. The maximum atomic E-state index is 12.7. The van der Waals surface area contributed by atoms with Crippen LogP contribution < -0.4 is 5.32 Å². The molecule has 1 heterocycles. The number of pyridine rings is 1. The van der Waals surface area contributed by atoms with Gasteiger partial charge < -0.3 is 10.1 Å². The van der Waals surface area contributed by atoms with E-state index in [-0.39, 0.29) is 18.7 Å². The van der Waals surface area contributed by atoms with Crippen molar-refractivity contribution in [2.45, 2.75) is 18.9 Å². The van der Waals surface area contributed by atoms with Gasteiger partial charge in [0.1, 0.15) is 0 Å². The Morgan fingerprint density at radius 2 is 1.89 bits per heavy atom. The molecule has 1 aromatic heterocycles. The molecule has 0 aliphatic carbocycles. The first-order valence-corrected chi connectivity index (χ1v) is 8.89. The van der Waals surface area contributed by atoms with Crippen molar-refractivity contribution in [1.82, 2.24) is 10.3 Å². The van der Waals surface area contributed by atoms with E-state index in [0.717, 1.165) is 16.5 Å². The van der Waals surface area contributed by atoms with E-state index in [9.17, 15) is 9.59 Å². The molecule has 2 aromatic carbocycles. The number of halogens is 1. The third kappa shape index (κ3) is 4.63. The molecule has 0 saturated carbocycles. The van der Waals surface area contributed by atoms with E-state index in [2.05, 4.69) is 10.3 Å². The summed E-state index contributed by atoms with van der Waals surface area (Å²) in [6, 6.07) is 16.1. The second-order valence-corrected chi connectivity index (χ2v) is 6.50. The van der Waals surface area contributed by atoms with Gasteiger partial charge in [-0.3, -0.25) is 14.6 Å². The van der Waals surface area contributed by atoms with Crippen LogP contribution >= 0.6 is 11.6 Å². The number of methoxy groups -OCH3 is 1. The maximum absolute atomic E-state index is 12.7. The van der Waals surface area contributed by atoms with Crippen molar-refractivity contribution in [1.29, 1.82) is 0 Å². The Hall–Kier alpha value is -2.92. The number of hydrogen-bond acceptors (Lipinski definition) is 4. The summed E-state index contributed by atoms with van der Waals surface area (Å²) in [7, 11) is 1.32. The molecule has 0 fully saturated rings. The van der Waals surface area contributed by atoms with Gasteiger partial charge in [-0.05, 0) is 23.3 Å². The number of nitrogens with one attached hydrogen (secondary N) is 1. The molecular weight excluding hydrogens is 364 g/mol. The van der Waals surface area contributed by atoms with Crippen LogP contribution in [-0.2, 0) is 20.7 Å². The molecule has 0 aliphatic rings. The Balaban J connectivity index is 1.81. The molecule has 1 atom stereocenters. The van der Waals surface area contributed by atoms with Crippen molar-refractivity contribution < 1.29 is 14.3 Å². The number of para-hydroxylation sites is 1. The Kier molecular flexibility index (Phi) is 6.04. The van der Waals surface area contributed by atoms with E-state index < -0.39 is 12.0 Å². The average molecular weight is 383 g/mol. The summed E-state index contributed by atoms with van der Waals surface area (Å²) < 4.78 is 4.76. The van der Waals surface area contributed by atoms with Crippen LogP contribution in [0.1, 0.15) is 23.6 Å². The zero-order valence-electron chi connectivity index (χ0n) is 14.8. The minimum absolute atomic E-state index is 0.000237. The lowest BCUT2D eigenvalue weighted by Gasteiger charge is -2.19. The third-order valence-corrected chi connectivity index (χ3v) is 4.63. The van der Waals surface area contributed by atoms with Crippen molar-refractivity contribution in [3.8, 4) is 0 Å². The Bertz CT molecular complexity index is 969. The topological polar surface area (TPSA) is 68.3 Å². The Morgan fingerprint density at radius 1 is 1.11 bits per heavy atom. The van der Waals surface area contributed by atoms with Crippen LogP contribution in [0.25, 0.3) is 10.9 Å². The van der Waals surface area contributed by atoms with E-state index in [1.54, 1.807) is 24.4 Å². The van der Waals surface area contributed by atoms with Crippen molar-refractivity contribution in [2.75, 3.05) is 7.11 Å². The van der Waals surface area contributed by atoms with Crippen LogP contribution in [0, 0.1) is 0 Å². The van der Waals surface area contributed by atoms with Crippen LogP contribution in [0.4, 0.5) is 0 Å². The first kappa shape index (κ1) is 18.9. The number of aromatic nitrogens is 1. The van der Waals surface area contributed by atoms with E-state index in [1.807, 2.05) is 36.4 Å². The molecule has 3 aromatic rings. The fourth-order valence-electron chi connectivity index (χ4n) is 2.97. The smallest absolute Gasteiger partial charge is 0.307 e. The monoisotopic (exact) mass is 382 g/mol. The van der Waals surface area contributed by atoms with E-state index in [4.69, 9.17) is 16.3 Å². The Labute approximate surface area is 162 Å². The third-order valence-electron chi connectivity index (χ3n) is 4.28. The van der Waals surface area contributed by atoms with Gasteiger partial charge in [0, 0.05) is 16.6 Å². The number of esters is 1. The number of amides is 1. The number of carbonyl (C=O) groups is 2. The lowest BCUT2D eigenvalue weighted by Crippen LogP contribution is -2.32. The predicted octanol–water partition coefficient (Wildman–Crippen LogP) is 3.85. The van der Waals surface area contributed by atoms with Gasteiger partial charge in [-0.15, -0.1) is 0 Å². The number of rotatable bonds is 6. The second-order valence-electron chi connectivity index (χ2n) is 6.09. The summed E-state index contributed by atoms with van der Waals surface area (Å²) in [4.78, 5) is 28.9. The van der Waals surface area contributed by atoms with Gasteiger partial charge in [-0.2, -0.15) is 0 Å². The number of ether oxygens (including phenoxy) is 1. The van der Waals surface area contributed by atoms with Crippen molar-refractivity contribution in [2.24, 2.45) is 0 Å². The molecule has 27 heavy (non-hydrogen) atoms. The quantitative estimate of drug-likeness (QED) is 0.657. The zero-order valence-corrected chi connectivity index (χ0v) is 15.6. The molecule has 1 N–H and O–H groups in total. The SMILES string of the molecule is COC(=O)CC(NC(=O)Cc1cccc2cccnc12)c1ccccc1Cl. The number of nitrogens with zero attached hydrogens (tertiary/aromatic N) is 1. The van der Waals surface area contributed by atoms with Crippen molar-refractivity contribution in [3.63, 3.8) is 0 Å². The van der Waals surface area contributed by atoms with Gasteiger partial charge in [0.15, 0.2) is 0 Å². The standard InChI is InChI=1S/C21H19ClN2O3/c1-27-20(26)13-18(16-9-2-3-10-17(16)22)24-19(25)12-15-7-4-6-14-8-5-11-23-21(14)15/h2-11,18H,12-13H2,1H3,(H,24,25). The van der Waals surface area contributed by atoms with Gasteiger partial charge in [-0.25, -0.2) is 0 Å². The molecule has 0 spiro atoms. The van der Waals surface area contributed by atoms with Crippen LogP contribution in [0.5, 0.6) is 0 Å². The maximum Gasteiger partial charge on any atom is 0.307 e. The molecule has 0 radical (unpaired) electrons. The number of benzene rings is 2. The fraction of sp³-hybridized carbons (Fsp3) is 0.190. The molecule has 0 bridgehead atoms. The van der Waals surface area contributed by atoms with Gasteiger partial charge in [0.05, 0.1) is 31.5 Å². The molecule has 3 rings (SSSR count). The van der Waals surface area contributed by atoms with Crippen LogP contribution in [-0.4, -0.2) is 24.0 Å². The minimum Gasteiger partial charge on any atom is -0.469 e. The molecular formula is C21H19ClN2O3. The highest BCUT2D eigenvalue weighted by atomic mass is 35.5. The minimum atomic E-state index is -0.568. The van der Waals surface area contributed by atoms with Gasteiger partial charge in [0.2, 0.25) is 5.91 Å². The molecule has 1 unspecified atom stereocenters. The summed E-state index contributed by atoms with van der Waals surface area (Å²) in [6.45, 7) is 0. The summed E-state index contributed by atoms with van der Waals surface area (Å²) in [5, 5.41) is 4.36. The van der Waals surface area contributed by atoms with Crippen LogP contribution in [0.3, 0.4) is 0 Å². The summed E-state index contributed by atoms with van der Waals surface area (Å²) in [5.41, 5.74) is 2.29. The first-order valence-electron chi connectivity index (χ1n) is 8.51. The molecule has 6 heteroatoms. The number of carbonyl (C=O) groups excluding carboxylic acids is 2. The van der Waals surface area contributed by atoms with Crippen LogP contribution in [0.15, 0.2) is 60.8 Å². The number of hydrogen-bond donors (Lipinski definition) is 1. The molecule has 138 valence electrons.